The molecular weight excluding hydrogens is 408 g/mol. The minimum absolute atomic E-state index is 0.0736. The summed E-state index contributed by atoms with van der Waals surface area (Å²) in [5.74, 6) is 1.89. The normalized spacial score (nSPS) is 17.9. The van der Waals surface area contributed by atoms with Gasteiger partial charge >= 0.3 is 0 Å². The second-order valence-corrected chi connectivity index (χ2v) is 8.85. The molecule has 9 heteroatoms. The number of aromatic nitrogens is 2. The monoisotopic (exact) mass is 432 g/mol. The first kappa shape index (κ1) is 20.3. The number of benzene rings is 1. The lowest BCUT2D eigenvalue weighted by molar-refractivity contribution is -0.122. The number of nitrogens with one attached hydrogen (secondary N) is 2. The fraction of sp³-hybridized carbons (Fsp3) is 0.450. The second-order valence-electron chi connectivity index (χ2n) is 7.02. The van der Waals surface area contributed by atoms with Crippen molar-refractivity contribution in [1.29, 1.82) is 0 Å². The van der Waals surface area contributed by atoms with Gasteiger partial charge in [-0.3, -0.25) is 9.59 Å². The molecule has 1 fully saturated rings. The maximum Gasteiger partial charge on any atom is 0.257 e. The Kier molecular flexibility index (Phi) is 6.46. The van der Waals surface area contributed by atoms with Crippen LogP contribution >= 0.6 is 23.5 Å². The Balaban J connectivity index is 1.49. The number of rotatable bonds is 7. The fourth-order valence-electron chi connectivity index (χ4n) is 3.55. The first-order chi connectivity index (χ1) is 14.2. The summed E-state index contributed by atoms with van der Waals surface area (Å²) in [4.78, 5) is 26.3. The van der Waals surface area contributed by atoms with E-state index in [4.69, 9.17) is 4.74 Å². The number of hydrogen-bond donors (Lipinski definition) is 2. The summed E-state index contributed by atoms with van der Waals surface area (Å²) < 4.78 is 7.17. The van der Waals surface area contributed by atoms with Crippen LogP contribution in [0.4, 0.5) is 5.82 Å². The summed E-state index contributed by atoms with van der Waals surface area (Å²) in [6.45, 7) is 1.35. The van der Waals surface area contributed by atoms with E-state index in [0.29, 0.717) is 17.9 Å². The molecule has 154 valence electrons. The van der Waals surface area contributed by atoms with E-state index in [9.17, 15) is 9.59 Å². The Morgan fingerprint density at radius 2 is 2.21 bits per heavy atom. The van der Waals surface area contributed by atoms with E-state index in [1.165, 1.54) is 11.8 Å². The van der Waals surface area contributed by atoms with Crippen molar-refractivity contribution in [2.75, 3.05) is 24.7 Å². The third kappa shape index (κ3) is 4.62. The zero-order valence-electron chi connectivity index (χ0n) is 16.3. The van der Waals surface area contributed by atoms with Gasteiger partial charge in [-0.05, 0) is 31.2 Å². The average molecular weight is 433 g/mol. The van der Waals surface area contributed by atoms with E-state index in [1.807, 2.05) is 30.5 Å². The van der Waals surface area contributed by atoms with Gasteiger partial charge in [-0.15, -0.1) is 11.8 Å². The summed E-state index contributed by atoms with van der Waals surface area (Å²) in [6, 6.07) is 7.51. The van der Waals surface area contributed by atoms with Crippen molar-refractivity contribution < 1.29 is 14.3 Å². The smallest absolute Gasteiger partial charge is 0.257 e. The van der Waals surface area contributed by atoms with Gasteiger partial charge in [0.05, 0.1) is 17.4 Å². The maximum absolute atomic E-state index is 12.9. The van der Waals surface area contributed by atoms with Crippen LogP contribution in [-0.2, 0) is 27.6 Å². The predicted molar refractivity (Wildman–Crippen MR) is 115 cm³/mol. The van der Waals surface area contributed by atoms with Crippen LogP contribution in [0.1, 0.15) is 34.5 Å². The molecule has 0 bridgehead atoms. The molecule has 4 rings (SSSR count). The van der Waals surface area contributed by atoms with Crippen molar-refractivity contribution in [3.05, 3.63) is 41.1 Å². The second kappa shape index (κ2) is 9.23. The van der Waals surface area contributed by atoms with E-state index in [0.717, 1.165) is 47.1 Å². The van der Waals surface area contributed by atoms with Crippen LogP contribution in [0.2, 0.25) is 0 Å². The van der Waals surface area contributed by atoms with Crippen molar-refractivity contribution in [2.24, 2.45) is 0 Å². The molecule has 1 atom stereocenters. The van der Waals surface area contributed by atoms with E-state index < -0.39 is 0 Å². The van der Waals surface area contributed by atoms with Gasteiger partial charge in [0.2, 0.25) is 5.91 Å². The Hall–Kier alpha value is -1.97. The minimum atomic E-state index is -0.185. The first-order valence-electron chi connectivity index (χ1n) is 9.64. The summed E-state index contributed by atoms with van der Waals surface area (Å²) in [7, 11) is 0. The van der Waals surface area contributed by atoms with Gasteiger partial charge in [0.25, 0.3) is 5.91 Å². The van der Waals surface area contributed by atoms with E-state index in [2.05, 4.69) is 15.7 Å². The number of ether oxygens (including phenoxy) is 1. The third-order valence-corrected chi connectivity index (χ3v) is 6.81. The maximum atomic E-state index is 12.9. The van der Waals surface area contributed by atoms with Crippen LogP contribution in [0.5, 0.6) is 0 Å². The molecule has 2 aliphatic heterocycles. The molecule has 2 amide bonds. The highest BCUT2D eigenvalue weighted by atomic mass is 32.2. The average Bonchev–Trinajstić information content (AvgIpc) is 3.46. The molecule has 1 unspecified atom stereocenters. The van der Waals surface area contributed by atoms with Crippen molar-refractivity contribution in [1.82, 2.24) is 15.1 Å². The molecule has 0 saturated carbocycles. The summed E-state index contributed by atoms with van der Waals surface area (Å²) in [6.07, 6.45) is 4.06. The van der Waals surface area contributed by atoms with Crippen LogP contribution in [0.25, 0.3) is 0 Å². The third-order valence-electron chi connectivity index (χ3n) is 5.05. The number of fused-ring (bicyclic) bond motifs is 1. The molecule has 0 radical (unpaired) electrons. The number of amides is 2. The van der Waals surface area contributed by atoms with Crippen molar-refractivity contribution >= 4 is 41.2 Å². The van der Waals surface area contributed by atoms with E-state index >= 15 is 0 Å². The molecule has 2 N–H and O–H groups in total. The summed E-state index contributed by atoms with van der Waals surface area (Å²) in [5, 5.41) is 10.5. The lowest BCUT2D eigenvalue weighted by atomic mass is 10.2. The number of hydrogen-bond acceptors (Lipinski definition) is 6. The van der Waals surface area contributed by atoms with Crippen molar-refractivity contribution in [2.45, 2.75) is 41.9 Å². The molecule has 2 aliphatic rings. The van der Waals surface area contributed by atoms with Crippen LogP contribution in [0.3, 0.4) is 0 Å². The molecule has 1 saturated heterocycles. The Morgan fingerprint density at radius 1 is 1.34 bits per heavy atom. The van der Waals surface area contributed by atoms with Gasteiger partial charge in [-0.25, -0.2) is 4.68 Å². The molecule has 0 aliphatic carbocycles. The van der Waals surface area contributed by atoms with Gasteiger partial charge in [0.1, 0.15) is 12.4 Å². The van der Waals surface area contributed by atoms with Crippen LogP contribution in [0, 0.1) is 0 Å². The largest absolute Gasteiger partial charge is 0.376 e. The fourth-order valence-corrected chi connectivity index (χ4v) is 5.18. The topological polar surface area (TPSA) is 85.2 Å². The molecule has 2 aromatic rings. The van der Waals surface area contributed by atoms with Gasteiger partial charge in [0, 0.05) is 35.1 Å². The zero-order chi connectivity index (χ0) is 20.2. The van der Waals surface area contributed by atoms with E-state index in [-0.39, 0.29) is 24.5 Å². The quantitative estimate of drug-likeness (QED) is 0.655. The number of anilines is 1. The molecule has 3 heterocycles. The highest BCUT2D eigenvalue weighted by Crippen LogP contribution is 2.35. The standard InChI is InChI=1S/C20H24N4O3S2/c1-28-17-7-3-2-6-14(17)20(26)22-19-15-11-29-12-16(15)23-24(19)10-18(25)21-9-13-5-4-8-27-13/h2-3,6-7,13H,4-5,8-12H2,1H3,(H,21,25)(H,22,26). The lowest BCUT2D eigenvalue weighted by Gasteiger charge is -2.14. The predicted octanol–water partition coefficient (Wildman–Crippen LogP) is 2.90. The molecule has 0 spiro atoms. The minimum Gasteiger partial charge on any atom is -0.376 e. The molecule has 7 nitrogen and oxygen atoms in total. The van der Waals surface area contributed by atoms with Gasteiger partial charge in [-0.1, -0.05) is 12.1 Å². The number of nitrogens with zero attached hydrogens (tertiary/aromatic N) is 2. The molecule has 1 aromatic carbocycles. The Morgan fingerprint density at radius 3 is 3.00 bits per heavy atom. The lowest BCUT2D eigenvalue weighted by Crippen LogP contribution is -2.34. The van der Waals surface area contributed by atoms with Crippen LogP contribution < -0.4 is 10.6 Å². The van der Waals surface area contributed by atoms with Crippen LogP contribution in [-0.4, -0.2) is 47.1 Å². The van der Waals surface area contributed by atoms with Gasteiger partial charge in [-0.2, -0.15) is 16.9 Å². The molecule has 29 heavy (non-hydrogen) atoms. The Bertz CT molecular complexity index is 909. The highest BCUT2D eigenvalue weighted by molar-refractivity contribution is 7.98. The molecule has 1 aromatic heterocycles. The summed E-state index contributed by atoms with van der Waals surface area (Å²) in [5.41, 5.74) is 2.57. The summed E-state index contributed by atoms with van der Waals surface area (Å²) >= 11 is 3.29. The van der Waals surface area contributed by atoms with Crippen molar-refractivity contribution in [3.63, 3.8) is 0 Å². The number of thioether (sulfide) groups is 2. The van der Waals surface area contributed by atoms with Crippen molar-refractivity contribution in [3.8, 4) is 0 Å². The number of carbonyl (C=O) groups excluding carboxylic acids is 2. The zero-order valence-corrected chi connectivity index (χ0v) is 17.9. The van der Waals surface area contributed by atoms with Gasteiger partial charge < -0.3 is 15.4 Å². The highest BCUT2D eigenvalue weighted by Gasteiger charge is 2.26. The first-order valence-corrected chi connectivity index (χ1v) is 12.0. The van der Waals surface area contributed by atoms with Crippen LogP contribution in [0.15, 0.2) is 29.2 Å². The SMILES string of the molecule is CSc1ccccc1C(=O)Nc1c2c(nn1CC(=O)NCC1CCCO1)CSC2. The van der Waals surface area contributed by atoms with Gasteiger partial charge in [0.15, 0.2) is 0 Å². The Labute approximate surface area is 178 Å². The molecular formula is C20H24N4O3S2. The van der Waals surface area contributed by atoms with E-state index in [1.54, 1.807) is 16.4 Å². The number of carbonyl (C=O) groups is 2.